The maximum Gasteiger partial charge on any atom is 0.573 e. The molecule has 0 fully saturated rings. The number of nitrogens with zero attached hydrogens (tertiary/aromatic N) is 1. The molecule has 1 aliphatic rings. The van der Waals surface area contributed by atoms with Crippen LogP contribution in [0.5, 0.6) is 11.5 Å². The van der Waals surface area contributed by atoms with Gasteiger partial charge in [-0.25, -0.2) is 9.59 Å². The lowest BCUT2D eigenvalue weighted by Gasteiger charge is -2.29. The normalized spacial score (nSPS) is 15.5. The van der Waals surface area contributed by atoms with E-state index in [4.69, 9.17) is 4.74 Å². The summed E-state index contributed by atoms with van der Waals surface area (Å²) in [6.45, 7) is -0.953. The van der Waals surface area contributed by atoms with Crippen LogP contribution in [0.1, 0.15) is 18.1 Å². The number of esters is 2. The molecule has 0 radical (unpaired) electrons. The van der Waals surface area contributed by atoms with Gasteiger partial charge in [-0.15, -0.1) is 23.3 Å². The lowest BCUT2D eigenvalue weighted by atomic mass is 9.97. The highest BCUT2D eigenvalue weighted by molar-refractivity contribution is 5.96. The van der Waals surface area contributed by atoms with E-state index in [9.17, 15) is 46.0 Å². The van der Waals surface area contributed by atoms with Crippen LogP contribution in [0.15, 0.2) is 17.7 Å². The van der Waals surface area contributed by atoms with Crippen molar-refractivity contribution in [1.29, 1.82) is 0 Å². The number of hydrogen-bond acceptors (Lipinski definition) is 9. The smallest absolute Gasteiger partial charge is 0.475 e. The molecule has 1 aromatic carbocycles. The third-order valence-corrected chi connectivity index (χ3v) is 3.84. The second-order valence-electron chi connectivity index (χ2n) is 6.10. The van der Waals surface area contributed by atoms with Gasteiger partial charge in [-0.2, -0.15) is 13.2 Å². The van der Waals surface area contributed by atoms with Crippen LogP contribution in [0, 0.1) is 10.1 Å². The average Bonchev–Trinajstić information content (AvgIpc) is 2.68. The standard InChI is InChI=1S/C17H13F6NO9/c1-2-8-3-10(33-17(21,22)23)4-9-5-11(14(16(18,19)20)32-13(8)9)15(26)30-7-29-12(25)6-31-24(27)28/h3-5,14H,2,6-7H2,1H3. The fourth-order valence-electron chi connectivity index (χ4n) is 2.60. The number of hydrogen-bond donors (Lipinski definition) is 0. The summed E-state index contributed by atoms with van der Waals surface area (Å²) >= 11 is 0. The Hall–Kier alpha value is -3.72. The molecular formula is C17H13F6NO9. The molecule has 0 N–H and O–H groups in total. The summed E-state index contributed by atoms with van der Waals surface area (Å²) in [7, 11) is 0. The zero-order valence-corrected chi connectivity index (χ0v) is 16.3. The van der Waals surface area contributed by atoms with Crippen LogP contribution < -0.4 is 9.47 Å². The fourth-order valence-corrected chi connectivity index (χ4v) is 2.60. The monoisotopic (exact) mass is 489 g/mol. The molecule has 0 saturated heterocycles. The van der Waals surface area contributed by atoms with E-state index in [1.807, 2.05) is 0 Å². The number of ether oxygens (including phenoxy) is 4. The van der Waals surface area contributed by atoms with Gasteiger partial charge in [0.15, 0.2) is 6.61 Å². The third-order valence-electron chi connectivity index (χ3n) is 3.84. The summed E-state index contributed by atoms with van der Waals surface area (Å²) < 4.78 is 95.5. The molecule has 1 heterocycles. The zero-order chi connectivity index (χ0) is 25.0. The van der Waals surface area contributed by atoms with Crippen LogP contribution in [0.2, 0.25) is 0 Å². The van der Waals surface area contributed by atoms with Crippen molar-refractivity contribution in [2.75, 3.05) is 13.4 Å². The molecular weight excluding hydrogens is 476 g/mol. The van der Waals surface area contributed by atoms with Gasteiger partial charge in [0, 0.05) is 5.56 Å². The van der Waals surface area contributed by atoms with E-state index in [0.29, 0.717) is 6.08 Å². The first-order chi connectivity index (χ1) is 15.2. The Morgan fingerprint density at radius 3 is 2.36 bits per heavy atom. The van der Waals surface area contributed by atoms with Crippen molar-refractivity contribution in [2.24, 2.45) is 0 Å². The van der Waals surface area contributed by atoms with Crippen LogP contribution in [-0.2, 0) is 30.3 Å². The van der Waals surface area contributed by atoms with Gasteiger partial charge in [0.2, 0.25) is 12.9 Å². The minimum atomic E-state index is -5.13. The first kappa shape index (κ1) is 25.5. The number of carbonyl (C=O) groups excluding carboxylic acids is 2. The third kappa shape index (κ3) is 7.15. The second-order valence-corrected chi connectivity index (χ2v) is 6.10. The molecule has 10 nitrogen and oxygen atoms in total. The van der Waals surface area contributed by atoms with E-state index in [0.717, 1.165) is 12.1 Å². The lowest BCUT2D eigenvalue weighted by molar-refractivity contribution is -0.754. The molecule has 0 aromatic heterocycles. The average molecular weight is 489 g/mol. The quantitative estimate of drug-likeness (QED) is 0.178. The van der Waals surface area contributed by atoms with Gasteiger partial charge >= 0.3 is 24.5 Å². The predicted molar refractivity (Wildman–Crippen MR) is 90.9 cm³/mol. The fraction of sp³-hybridized carbons (Fsp3) is 0.412. The summed E-state index contributed by atoms with van der Waals surface area (Å²) in [4.78, 5) is 37.0. The first-order valence-electron chi connectivity index (χ1n) is 8.69. The van der Waals surface area contributed by atoms with Gasteiger partial charge < -0.3 is 23.8 Å². The minimum absolute atomic E-state index is 0.0300. The molecule has 0 spiro atoms. The molecule has 0 bridgehead atoms. The molecule has 182 valence electrons. The number of benzene rings is 1. The number of aryl methyl sites for hydroxylation is 1. The highest BCUT2D eigenvalue weighted by atomic mass is 19.4. The SMILES string of the molecule is CCc1cc(OC(F)(F)F)cc2c1OC(C(F)(F)F)C(C(=O)OCOC(=O)CO[N+](=O)[O-])=C2. The van der Waals surface area contributed by atoms with Gasteiger partial charge in [-0.1, -0.05) is 6.92 Å². The van der Waals surface area contributed by atoms with E-state index >= 15 is 0 Å². The molecule has 16 heteroatoms. The Bertz CT molecular complexity index is 958. The Labute approximate surface area is 179 Å². The van der Waals surface area contributed by atoms with E-state index < -0.39 is 66.1 Å². The molecule has 1 atom stereocenters. The van der Waals surface area contributed by atoms with Crippen molar-refractivity contribution in [1.82, 2.24) is 0 Å². The minimum Gasteiger partial charge on any atom is -0.475 e. The van der Waals surface area contributed by atoms with Crippen molar-refractivity contribution in [3.63, 3.8) is 0 Å². The van der Waals surface area contributed by atoms with Crippen LogP contribution in [0.25, 0.3) is 6.08 Å². The van der Waals surface area contributed by atoms with E-state index in [1.54, 1.807) is 0 Å². The Morgan fingerprint density at radius 1 is 1.15 bits per heavy atom. The molecule has 1 unspecified atom stereocenters. The number of fused-ring (bicyclic) bond motifs is 1. The van der Waals surface area contributed by atoms with Gasteiger partial charge in [-0.3, -0.25) is 0 Å². The Morgan fingerprint density at radius 2 is 1.82 bits per heavy atom. The molecule has 1 aromatic rings. The second kappa shape index (κ2) is 9.83. The van der Waals surface area contributed by atoms with Crippen LogP contribution >= 0.6 is 0 Å². The van der Waals surface area contributed by atoms with Gasteiger partial charge in [-0.05, 0) is 30.2 Å². The van der Waals surface area contributed by atoms with Crippen molar-refractivity contribution < 1.29 is 64.8 Å². The topological polar surface area (TPSA) is 123 Å². The summed E-state index contributed by atoms with van der Waals surface area (Å²) in [5.41, 5.74) is -1.53. The molecule has 0 saturated carbocycles. The lowest BCUT2D eigenvalue weighted by Crippen LogP contribution is -2.41. The Kier molecular flexibility index (Phi) is 7.60. The van der Waals surface area contributed by atoms with Crippen LogP contribution in [-0.4, -0.2) is 49.1 Å². The number of halogens is 6. The molecule has 2 rings (SSSR count). The van der Waals surface area contributed by atoms with Crippen molar-refractivity contribution in [3.8, 4) is 11.5 Å². The largest absolute Gasteiger partial charge is 0.573 e. The summed E-state index contributed by atoms with van der Waals surface area (Å²) in [5.74, 6) is -4.20. The summed E-state index contributed by atoms with van der Waals surface area (Å²) in [5, 5.41) is 8.65. The maximum atomic E-state index is 13.5. The highest BCUT2D eigenvalue weighted by Gasteiger charge is 2.49. The van der Waals surface area contributed by atoms with Crippen LogP contribution in [0.3, 0.4) is 0 Å². The van der Waals surface area contributed by atoms with Crippen LogP contribution in [0.4, 0.5) is 26.3 Å². The van der Waals surface area contributed by atoms with Gasteiger partial charge in [0.25, 0.3) is 5.09 Å². The molecule has 33 heavy (non-hydrogen) atoms. The van der Waals surface area contributed by atoms with Gasteiger partial charge in [0.1, 0.15) is 11.5 Å². The Balaban J connectivity index is 2.30. The number of rotatable bonds is 8. The molecule has 0 amide bonds. The van der Waals surface area contributed by atoms with Crippen molar-refractivity contribution in [3.05, 3.63) is 38.9 Å². The molecule has 0 aliphatic carbocycles. The van der Waals surface area contributed by atoms with Crippen molar-refractivity contribution >= 4 is 18.0 Å². The first-order valence-corrected chi connectivity index (χ1v) is 8.69. The van der Waals surface area contributed by atoms with E-state index in [1.165, 1.54) is 6.92 Å². The van der Waals surface area contributed by atoms with E-state index in [-0.39, 0.29) is 17.5 Å². The van der Waals surface area contributed by atoms with E-state index in [2.05, 4.69) is 19.0 Å². The predicted octanol–water partition coefficient (Wildman–Crippen LogP) is 3.11. The number of alkyl halides is 6. The van der Waals surface area contributed by atoms with Crippen molar-refractivity contribution in [2.45, 2.75) is 32.0 Å². The summed E-state index contributed by atoms with van der Waals surface area (Å²) in [6.07, 6.45) is -12.5. The zero-order valence-electron chi connectivity index (χ0n) is 16.3. The van der Waals surface area contributed by atoms with Gasteiger partial charge in [0.05, 0.1) is 5.57 Å². The highest BCUT2D eigenvalue weighted by Crippen LogP contribution is 2.42. The summed E-state index contributed by atoms with van der Waals surface area (Å²) in [6, 6.07) is 1.57. The molecule has 1 aliphatic heterocycles. The maximum absolute atomic E-state index is 13.5. The number of carbonyl (C=O) groups is 2.